The van der Waals surface area contributed by atoms with Gasteiger partial charge in [-0.3, -0.25) is 4.79 Å². The van der Waals surface area contributed by atoms with Crippen LogP contribution in [0.3, 0.4) is 0 Å². The highest BCUT2D eigenvalue weighted by Crippen LogP contribution is 2.25. The first-order valence-corrected chi connectivity index (χ1v) is 9.74. The van der Waals surface area contributed by atoms with Crippen LogP contribution >= 0.6 is 22.9 Å². The van der Waals surface area contributed by atoms with Crippen molar-refractivity contribution in [1.82, 2.24) is 10.0 Å². The molecule has 24 heavy (non-hydrogen) atoms. The number of carbonyl (C=O) groups excluding carboxylic acids is 1. The fourth-order valence-electron chi connectivity index (χ4n) is 1.98. The van der Waals surface area contributed by atoms with Crippen LogP contribution in [0.4, 0.5) is 0 Å². The van der Waals surface area contributed by atoms with Crippen molar-refractivity contribution in [3.8, 4) is 5.75 Å². The molecule has 0 aliphatic heterocycles. The van der Waals surface area contributed by atoms with Crippen molar-refractivity contribution in [2.45, 2.75) is 10.6 Å². The SMILES string of the molecule is COc1ccccc1CCNC(=O)CNS(=O)(=O)c1ccc(Cl)s1. The summed E-state index contributed by atoms with van der Waals surface area (Å²) in [6.07, 6.45) is 0.586. The van der Waals surface area contributed by atoms with Crippen molar-refractivity contribution in [2.24, 2.45) is 0 Å². The highest BCUT2D eigenvalue weighted by molar-refractivity contribution is 7.91. The number of hydrogen-bond acceptors (Lipinski definition) is 5. The Bertz CT molecular complexity index is 805. The minimum Gasteiger partial charge on any atom is -0.496 e. The molecule has 2 N–H and O–H groups in total. The van der Waals surface area contributed by atoms with Crippen LogP contribution in [-0.2, 0) is 21.2 Å². The molecule has 6 nitrogen and oxygen atoms in total. The molecule has 1 amide bonds. The predicted molar refractivity (Wildman–Crippen MR) is 94.2 cm³/mol. The van der Waals surface area contributed by atoms with Crippen LogP contribution in [0.2, 0.25) is 4.34 Å². The number of hydrogen-bond donors (Lipinski definition) is 2. The summed E-state index contributed by atoms with van der Waals surface area (Å²) < 4.78 is 31.9. The van der Waals surface area contributed by atoms with E-state index >= 15 is 0 Å². The van der Waals surface area contributed by atoms with Gasteiger partial charge in [-0.1, -0.05) is 29.8 Å². The lowest BCUT2D eigenvalue weighted by atomic mass is 10.1. The van der Waals surface area contributed by atoms with Crippen molar-refractivity contribution in [3.63, 3.8) is 0 Å². The van der Waals surface area contributed by atoms with E-state index in [0.29, 0.717) is 17.3 Å². The Kier molecular flexibility index (Phi) is 6.61. The molecule has 1 heterocycles. The molecule has 0 spiro atoms. The molecule has 2 aromatic rings. The number of halogens is 1. The van der Waals surface area contributed by atoms with Gasteiger partial charge < -0.3 is 10.1 Å². The molecule has 0 saturated heterocycles. The Morgan fingerprint density at radius 1 is 1.25 bits per heavy atom. The molecule has 1 aromatic heterocycles. The van der Waals surface area contributed by atoms with Crippen molar-refractivity contribution in [1.29, 1.82) is 0 Å². The number of thiophene rings is 1. The molecule has 0 aliphatic rings. The van der Waals surface area contributed by atoms with Crippen molar-refractivity contribution < 1.29 is 17.9 Å². The number of rotatable bonds is 8. The molecule has 0 aliphatic carbocycles. The van der Waals surface area contributed by atoms with Gasteiger partial charge in [-0.05, 0) is 30.2 Å². The highest BCUT2D eigenvalue weighted by Gasteiger charge is 2.17. The highest BCUT2D eigenvalue weighted by atomic mass is 35.5. The third-order valence-electron chi connectivity index (χ3n) is 3.15. The maximum atomic E-state index is 12.0. The number of nitrogens with one attached hydrogen (secondary N) is 2. The van der Waals surface area contributed by atoms with Crippen LogP contribution in [0.5, 0.6) is 5.75 Å². The van der Waals surface area contributed by atoms with Gasteiger partial charge in [0.05, 0.1) is 18.0 Å². The number of amides is 1. The zero-order chi connectivity index (χ0) is 17.6. The number of carbonyl (C=O) groups is 1. The first-order chi connectivity index (χ1) is 11.4. The molecule has 0 atom stereocenters. The monoisotopic (exact) mass is 388 g/mol. The second kappa shape index (κ2) is 8.48. The fraction of sp³-hybridized carbons (Fsp3) is 0.267. The second-order valence-corrected chi connectivity index (χ2v) is 8.50. The summed E-state index contributed by atoms with van der Waals surface area (Å²) in [5.41, 5.74) is 0.967. The number of benzene rings is 1. The van der Waals surface area contributed by atoms with Gasteiger partial charge in [-0.2, -0.15) is 0 Å². The standard InChI is InChI=1S/C15H17ClN2O4S2/c1-22-12-5-3-2-4-11(12)8-9-17-14(19)10-18-24(20,21)15-7-6-13(16)23-15/h2-7,18H,8-10H2,1H3,(H,17,19). The van der Waals surface area contributed by atoms with E-state index in [1.807, 2.05) is 24.3 Å². The van der Waals surface area contributed by atoms with Crippen LogP contribution in [-0.4, -0.2) is 34.5 Å². The summed E-state index contributed by atoms with van der Waals surface area (Å²) in [5, 5.41) is 2.67. The maximum Gasteiger partial charge on any atom is 0.250 e. The van der Waals surface area contributed by atoms with Gasteiger partial charge in [0, 0.05) is 6.54 Å². The Hall–Kier alpha value is -1.61. The third kappa shape index (κ3) is 5.20. The maximum absolute atomic E-state index is 12.0. The van der Waals surface area contributed by atoms with E-state index in [-0.39, 0.29) is 10.8 Å². The molecule has 1 aromatic carbocycles. The summed E-state index contributed by atoms with van der Waals surface area (Å²) in [7, 11) is -2.13. The van der Waals surface area contributed by atoms with Gasteiger partial charge in [-0.25, -0.2) is 13.1 Å². The average Bonchev–Trinajstić information content (AvgIpc) is 3.01. The van der Waals surface area contributed by atoms with Crippen LogP contribution in [0.15, 0.2) is 40.6 Å². The number of para-hydroxylation sites is 1. The lowest BCUT2D eigenvalue weighted by Gasteiger charge is -2.09. The zero-order valence-corrected chi connectivity index (χ0v) is 15.3. The minimum atomic E-state index is -3.72. The first-order valence-electron chi connectivity index (χ1n) is 7.06. The van der Waals surface area contributed by atoms with E-state index in [1.165, 1.54) is 12.1 Å². The molecular weight excluding hydrogens is 372 g/mol. The van der Waals surface area contributed by atoms with Crippen molar-refractivity contribution in [2.75, 3.05) is 20.2 Å². The number of sulfonamides is 1. The van der Waals surface area contributed by atoms with Crippen molar-refractivity contribution >= 4 is 38.9 Å². The molecule has 0 bridgehead atoms. The van der Waals surface area contributed by atoms with Crippen LogP contribution < -0.4 is 14.8 Å². The molecule has 2 rings (SSSR count). The first kappa shape index (κ1) is 18.7. The van der Waals surface area contributed by atoms with Gasteiger partial charge in [0.2, 0.25) is 5.91 Å². The molecule has 0 unspecified atom stereocenters. The summed E-state index contributed by atoms with van der Waals surface area (Å²) in [6.45, 7) is 0.0511. The van der Waals surface area contributed by atoms with E-state index in [0.717, 1.165) is 22.6 Å². The molecular formula is C15H17ClN2O4S2. The molecule has 0 saturated carbocycles. The van der Waals surface area contributed by atoms with E-state index in [2.05, 4.69) is 10.0 Å². The minimum absolute atomic E-state index is 0.0781. The van der Waals surface area contributed by atoms with E-state index in [4.69, 9.17) is 16.3 Å². The molecule has 130 valence electrons. The largest absolute Gasteiger partial charge is 0.496 e. The normalized spacial score (nSPS) is 11.2. The van der Waals surface area contributed by atoms with Gasteiger partial charge in [0.1, 0.15) is 9.96 Å². The quantitative estimate of drug-likeness (QED) is 0.724. The third-order valence-corrected chi connectivity index (χ3v) is 6.27. The van der Waals surface area contributed by atoms with Crippen LogP contribution in [0.25, 0.3) is 0 Å². The predicted octanol–water partition coefficient (Wildman–Crippen LogP) is 2.05. The number of ether oxygens (including phenoxy) is 1. The van der Waals surface area contributed by atoms with Crippen LogP contribution in [0, 0.1) is 0 Å². The Balaban J connectivity index is 1.79. The molecule has 0 radical (unpaired) electrons. The zero-order valence-electron chi connectivity index (χ0n) is 12.9. The number of methoxy groups -OCH3 is 1. The average molecular weight is 389 g/mol. The van der Waals surface area contributed by atoms with Crippen LogP contribution in [0.1, 0.15) is 5.56 Å². The Labute approximate surface area is 149 Å². The lowest BCUT2D eigenvalue weighted by molar-refractivity contribution is -0.119. The van der Waals surface area contributed by atoms with E-state index < -0.39 is 15.9 Å². The van der Waals surface area contributed by atoms with E-state index in [1.54, 1.807) is 7.11 Å². The van der Waals surface area contributed by atoms with Gasteiger partial charge in [-0.15, -0.1) is 11.3 Å². The Morgan fingerprint density at radius 2 is 2.00 bits per heavy atom. The molecule has 9 heteroatoms. The van der Waals surface area contributed by atoms with Gasteiger partial charge in [0.15, 0.2) is 0 Å². The molecule has 0 fully saturated rings. The van der Waals surface area contributed by atoms with Gasteiger partial charge >= 0.3 is 0 Å². The topological polar surface area (TPSA) is 84.5 Å². The summed E-state index contributed by atoms with van der Waals surface area (Å²) in [5.74, 6) is 0.346. The van der Waals surface area contributed by atoms with Gasteiger partial charge in [0.25, 0.3) is 10.0 Å². The second-order valence-electron chi connectivity index (χ2n) is 4.79. The summed E-state index contributed by atoms with van der Waals surface area (Å²) >= 11 is 6.65. The summed E-state index contributed by atoms with van der Waals surface area (Å²) in [4.78, 5) is 11.8. The fourth-order valence-corrected chi connectivity index (χ4v) is 4.49. The van der Waals surface area contributed by atoms with Crippen molar-refractivity contribution in [3.05, 3.63) is 46.3 Å². The lowest BCUT2D eigenvalue weighted by Crippen LogP contribution is -2.37. The van der Waals surface area contributed by atoms with E-state index in [9.17, 15) is 13.2 Å². The Morgan fingerprint density at radius 3 is 2.67 bits per heavy atom. The smallest absolute Gasteiger partial charge is 0.250 e. The summed E-state index contributed by atoms with van der Waals surface area (Å²) in [6, 6.07) is 10.4.